The van der Waals surface area contributed by atoms with Crippen LogP contribution in [0.5, 0.6) is 0 Å². The van der Waals surface area contributed by atoms with E-state index in [0.29, 0.717) is 12.1 Å². The quantitative estimate of drug-likeness (QED) is 0.671. The van der Waals surface area contributed by atoms with Gasteiger partial charge in [0.15, 0.2) is 0 Å². The van der Waals surface area contributed by atoms with Crippen LogP contribution in [0.4, 0.5) is 0 Å². The maximum Gasteiger partial charge on any atom is 0.150 e. The zero-order chi connectivity index (χ0) is 8.81. The summed E-state index contributed by atoms with van der Waals surface area (Å²) in [6, 6.07) is 3.37. The van der Waals surface area contributed by atoms with Crippen LogP contribution in [0.15, 0.2) is 24.4 Å². The highest BCUT2D eigenvalue weighted by atomic mass is 16.1. The summed E-state index contributed by atoms with van der Waals surface area (Å²) < 4.78 is 0. The minimum atomic E-state index is 0.479. The predicted molar refractivity (Wildman–Crippen MR) is 47.7 cm³/mol. The summed E-state index contributed by atoms with van der Waals surface area (Å²) in [4.78, 5) is 14.4. The van der Waals surface area contributed by atoms with Crippen LogP contribution in [0.2, 0.25) is 0 Å². The molecule has 0 aliphatic rings. The molecule has 0 amide bonds. The molecule has 1 heterocycles. The Bertz CT molecular complexity index is 294. The molecule has 0 aliphatic heterocycles. The van der Waals surface area contributed by atoms with E-state index in [2.05, 4.69) is 4.98 Å². The summed E-state index contributed by atoms with van der Waals surface area (Å²) >= 11 is 0. The van der Waals surface area contributed by atoms with Gasteiger partial charge in [0.2, 0.25) is 0 Å². The number of pyridine rings is 1. The minimum Gasteiger partial charge on any atom is -0.327 e. The molecular weight excluding hydrogens is 152 g/mol. The van der Waals surface area contributed by atoms with Gasteiger partial charge >= 0.3 is 0 Å². The summed E-state index contributed by atoms with van der Waals surface area (Å²) in [6.07, 6.45) is 5.96. The first-order chi connectivity index (χ1) is 5.86. The fraction of sp³-hybridized carbons (Fsp3) is 0.111. The van der Waals surface area contributed by atoms with Crippen molar-refractivity contribution in [3.63, 3.8) is 0 Å². The topological polar surface area (TPSA) is 56.0 Å². The molecule has 0 aromatic carbocycles. The lowest BCUT2D eigenvalue weighted by Crippen LogP contribution is -1.92. The number of aldehydes is 1. The molecule has 3 heteroatoms. The van der Waals surface area contributed by atoms with Gasteiger partial charge in [-0.05, 0) is 18.2 Å². The predicted octanol–water partition coefficient (Wildman–Crippen LogP) is 0.866. The Labute approximate surface area is 70.9 Å². The summed E-state index contributed by atoms with van der Waals surface area (Å²) in [6.45, 7) is 0.479. The number of nitrogens with zero attached hydrogens (tertiary/aromatic N) is 1. The second-order valence-electron chi connectivity index (χ2n) is 2.27. The Morgan fingerprint density at radius 1 is 1.58 bits per heavy atom. The molecule has 2 N–H and O–H groups in total. The third-order valence-electron chi connectivity index (χ3n) is 1.37. The smallest absolute Gasteiger partial charge is 0.150 e. The maximum absolute atomic E-state index is 10.4. The Morgan fingerprint density at radius 3 is 3.08 bits per heavy atom. The van der Waals surface area contributed by atoms with Gasteiger partial charge in [0.1, 0.15) is 6.29 Å². The van der Waals surface area contributed by atoms with E-state index in [1.165, 1.54) is 0 Å². The maximum atomic E-state index is 10.4. The molecule has 0 spiro atoms. The molecule has 0 aliphatic carbocycles. The van der Waals surface area contributed by atoms with Crippen molar-refractivity contribution in [3.8, 4) is 0 Å². The molecule has 0 fully saturated rings. The molecule has 0 radical (unpaired) electrons. The highest BCUT2D eigenvalue weighted by Gasteiger charge is 1.90. The summed E-state index contributed by atoms with van der Waals surface area (Å²) in [5.74, 6) is 0. The number of aromatic nitrogens is 1. The highest BCUT2D eigenvalue weighted by Crippen LogP contribution is 2.00. The average Bonchev–Trinajstić information content (AvgIpc) is 2.15. The number of carbonyl (C=O) groups excluding carboxylic acids is 1. The Morgan fingerprint density at radius 2 is 2.42 bits per heavy atom. The lowest BCUT2D eigenvalue weighted by Gasteiger charge is -1.92. The Balaban J connectivity index is 2.86. The first-order valence-corrected chi connectivity index (χ1v) is 3.64. The molecule has 0 saturated heterocycles. The molecule has 12 heavy (non-hydrogen) atoms. The number of rotatable bonds is 3. The fourth-order valence-corrected chi connectivity index (χ4v) is 0.819. The van der Waals surface area contributed by atoms with Crippen LogP contribution in [0, 0.1) is 0 Å². The Hall–Kier alpha value is -1.48. The van der Waals surface area contributed by atoms with Crippen molar-refractivity contribution in [3.05, 3.63) is 35.7 Å². The van der Waals surface area contributed by atoms with Crippen LogP contribution < -0.4 is 5.73 Å². The molecule has 62 valence electrons. The molecule has 0 bridgehead atoms. The van der Waals surface area contributed by atoms with Gasteiger partial charge in [-0.2, -0.15) is 0 Å². The van der Waals surface area contributed by atoms with Gasteiger partial charge in [0.25, 0.3) is 0 Å². The van der Waals surface area contributed by atoms with Gasteiger partial charge in [0, 0.05) is 18.3 Å². The number of hydrogen-bond acceptors (Lipinski definition) is 3. The van der Waals surface area contributed by atoms with Gasteiger partial charge in [-0.3, -0.25) is 9.78 Å². The van der Waals surface area contributed by atoms with E-state index in [9.17, 15) is 4.79 Å². The molecule has 3 nitrogen and oxygen atoms in total. The van der Waals surface area contributed by atoms with Crippen LogP contribution in [0.3, 0.4) is 0 Å². The van der Waals surface area contributed by atoms with E-state index in [1.54, 1.807) is 30.5 Å². The molecular formula is C9H10N2O. The van der Waals surface area contributed by atoms with Crippen molar-refractivity contribution >= 4 is 12.4 Å². The van der Waals surface area contributed by atoms with Gasteiger partial charge in [-0.15, -0.1) is 0 Å². The van der Waals surface area contributed by atoms with E-state index in [4.69, 9.17) is 5.73 Å². The molecule has 0 saturated carbocycles. The monoisotopic (exact) mass is 162 g/mol. The second kappa shape index (κ2) is 4.41. The van der Waals surface area contributed by atoms with E-state index in [-0.39, 0.29) is 0 Å². The standard InChI is InChI=1S/C9H10N2O/c10-4-1-2-9-6-8(7-12)3-5-11-9/h1-3,5-7H,4,10H2. The van der Waals surface area contributed by atoms with Gasteiger partial charge < -0.3 is 5.73 Å². The number of nitrogens with two attached hydrogens (primary N) is 1. The minimum absolute atomic E-state index is 0.479. The van der Waals surface area contributed by atoms with E-state index < -0.39 is 0 Å². The first-order valence-electron chi connectivity index (χ1n) is 3.64. The van der Waals surface area contributed by atoms with Crippen LogP contribution in [-0.4, -0.2) is 17.8 Å². The van der Waals surface area contributed by atoms with Crippen molar-refractivity contribution in [1.29, 1.82) is 0 Å². The van der Waals surface area contributed by atoms with E-state index >= 15 is 0 Å². The van der Waals surface area contributed by atoms with Crippen molar-refractivity contribution in [2.45, 2.75) is 0 Å². The lowest BCUT2D eigenvalue weighted by molar-refractivity contribution is 0.112. The molecule has 0 unspecified atom stereocenters. The lowest BCUT2D eigenvalue weighted by atomic mass is 10.2. The van der Waals surface area contributed by atoms with Crippen LogP contribution in [0.1, 0.15) is 16.1 Å². The molecule has 1 rings (SSSR count). The average molecular weight is 162 g/mol. The highest BCUT2D eigenvalue weighted by molar-refractivity contribution is 5.75. The summed E-state index contributed by atoms with van der Waals surface area (Å²) in [7, 11) is 0. The van der Waals surface area contributed by atoms with Crippen molar-refractivity contribution in [1.82, 2.24) is 4.98 Å². The molecule has 1 aromatic rings. The SMILES string of the molecule is NCC=Cc1cc(C=O)ccn1. The van der Waals surface area contributed by atoms with Crippen molar-refractivity contribution in [2.75, 3.05) is 6.54 Å². The third-order valence-corrected chi connectivity index (χ3v) is 1.37. The zero-order valence-corrected chi connectivity index (χ0v) is 6.60. The number of carbonyl (C=O) groups is 1. The van der Waals surface area contributed by atoms with Gasteiger partial charge in [0.05, 0.1) is 5.69 Å². The normalized spacial score (nSPS) is 10.4. The molecule has 0 atom stereocenters. The Kier molecular flexibility index (Phi) is 3.17. The van der Waals surface area contributed by atoms with Gasteiger partial charge in [-0.1, -0.05) is 6.08 Å². The van der Waals surface area contributed by atoms with Crippen LogP contribution in [0.25, 0.3) is 6.08 Å². The fourth-order valence-electron chi connectivity index (χ4n) is 0.819. The zero-order valence-electron chi connectivity index (χ0n) is 6.60. The largest absolute Gasteiger partial charge is 0.327 e. The third kappa shape index (κ3) is 2.29. The van der Waals surface area contributed by atoms with Crippen LogP contribution in [-0.2, 0) is 0 Å². The van der Waals surface area contributed by atoms with E-state index in [0.717, 1.165) is 12.0 Å². The second-order valence-corrected chi connectivity index (χ2v) is 2.27. The van der Waals surface area contributed by atoms with Crippen molar-refractivity contribution in [2.24, 2.45) is 5.73 Å². The van der Waals surface area contributed by atoms with Gasteiger partial charge in [-0.25, -0.2) is 0 Å². The van der Waals surface area contributed by atoms with E-state index in [1.807, 2.05) is 0 Å². The molecule has 1 aromatic heterocycles. The van der Waals surface area contributed by atoms with Crippen molar-refractivity contribution < 1.29 is 4.79 Å². The first kappa shape index (κ1) is 8.62. The summed E-state index contributed by atoms with van der Waals surface area (Å²) in [5.41, 5.74) is 6.64. The van der Waals surface area contributed by atoms with Crippen LogP contribution >= 0.6 is 0 Å². The summed E-state index contributed by atoms with van der Waals surface area (Å²) in [5, 5.41) is 0. The number of hydrogen-bond donors (Lipinski definition) is 1.